The average Bonchev–Trinajstić information content (AvgIpc) is 3.27. The molecule has 2 N–H and O–H groups in total. The van der Waals surface area contributed by atoms with E-state index in [0.717, 1.165) is 11.0 Å². The molecule has 27 heavy (non-hydrogen) atoms. The third-order valence-corrected chi connectivity index (χ3v) is 4.79. The molecule has 4 aromatic rings. The van der Waals surface area contributed by atoms with E-state index < -0.39 is 6.10 Å². The summed E-state index contributed by atoms with van der Waals surface area (Å²) in [5.74, 6) is 0.507. The summed E-state index contributed by atoms with van der Waals surface area (Å²) in [5, 5.41) is 19.2. The number of nitrogens with one attached hydrogen (secondary N) is 1. The van der Waals surface area contributed by atoms with Gasteiger partial charge in [0.1, 0.15) is 11.9 Å². The lowest BCUT2D eigenvalue weighted by Gasteiger charge is -2.10. The van der Waals surface area contributed by atoms with Gasteiger partial charge in [-0.15, -0.1) is 0 Å². The van der Waals surface area contributed by atoms with Gasteiger partial charge < -0.3 is 31.1 Å². The molecule has 1 unspecified atom stereocenters. The SMILES string of the molecule is Cc1ccccc1Cn1c(=N)n(CC(O)c2ccco2)c2ccccc21.[Cl-]. The van der Waals surface area contributed by atoms with Gasteiger partial charge in [-0.1, -0.05) is 36.4 Å². The molecule has 6 heteroatoms. The summed E-state index contributed by atoms with van der Waals surface area (Å²) in [6, 6.07) is 19.6. The van der Waals surface area contributed by atoms with E-state index >= 15 is 0 Å². The minimum atomic E-state index is -0.795. The van der Waals surface area contributed by atoms with Gasteiger partial charge in [0, 0.05) is 0 Å². The van der Waals surface area contributed by atoms with Gasteiger partial charge in [0.25, 0.3) is 0 Å². The van der Waals surface area contributed by atoms with Crippen LogP contribution in [0.1, 0.15) is 23.0 Å². The number of aliphatic hydroxyl groups excluding tert-OH is 1. The van der Waals surface area contributed by atoms with Crippen molar-refractivity contribution in [1.29, 1.82) is 5.41 Å². The van der Waals surface area contributed by atoms with Gasteiger partial charge in [0.15, 0.2) is 0 Å². The summed E-state index contributed by atoms with van der Waals surface area (Å²) < 4.78 is 9.12. The van der Waals surface area contributed by atoms with Crippen molar-refractivity contribution in [2.75, 3.05) is 0 Å². The van der Waals surface area contributed by atoms with Gasteiger partial charge in [-0.2, -0.15) is 0 Å². The quantitative estimate of drug-likeness (QED) is 0.531. The molecule has 0 aliphatic rings. The van der Waals surface area contributed by atoms with Crippen LogP contribution >= 0.6 is 0 Å². The molecule has 0 bridgehead atoms. The first-order chi connectivity index (χ1) is 12.6. The zero-order valence-corrected chi connectivity index (χ0v) is 15.7. The maximum Gasteiger partial charge on any atom is 0.203 e. The molecular formula is C21H21ClN3O2-. The van der Waals surface area contributed by atoms with E-state index in [0.29, 0.717) is 17.9 Å². The van der Waals surface area contributed by atoms with Crippen LogP contribution in [-0.4, -0.2) is 14.2 Å². The van der Waals surface area contributed by atoms with Crippen molar-refractivity contribution in [2.45, 2.75) is 26.1 Å². The molecule has 0 aliphatic carbocycles. The summed E-state index contributed by atoms with van der Waals surface area (Å²) in [4.78, 5) is 0. The second-order valence-electron chi connectivity index (χ2n) is 6.47. The number of halogens is 1. The molecule has 0 saturated carbocycles. The van der Waals surface area contributed by atoms with E-state index in [-0.39, 0.29) is 19.0 Å². The summed E-state index contributed by atoms with van der Waals surface area (Å²) in [6.45, 7) is 2.98. The van der Waals surface area contributed by atoms with E-state index in [2.05, 4.69) is 19.1 Å². The fourth-order valence-corrected chi connectivity index (χ4v) is 3.34. The second-order valence-corrected chi connectivity index (χ2v) is 6.47. The number of hydrogen-bond donors (Lipinski definition) is 2. The monoisotopic (exact) mass is 382 g/mol. The molecule has 2 heterocycles. The highest BCUT2D eigenvalue weighted by molar-refractivity contribution is 5.76. The molecule has 2 aromatic carbocycles. The predicted octanol–water partition coefficient (Wildman–Crippen LogP) is 0.610. The molecular weight excluding hydrogens is 362 g/mol. The van der Waals surface area contributed by atoms with Gasteiger partial charge in [-0.25, -0.2) is 0 Å². The van der Waals surface area contributed by atoms with Gasteiger partial charge >= 0.3 is 0 Å². The van der Waals surface area contributed by atoms with E-state index in [4.69, 9.17) is 9.83 Å². The first kappa shape index (κ1) is 19.0. The Balaban J connectivity index is 0.00000210. The van der Waals surface area contributed by atoms with Crippen molar-refractivity contribution in [3.05, 3.63) is 89.4 Å². The summed E-state index contributed by atoms with van der Waals surface area (Å²) in [7, 11) is 0. The number of aliphatic hydroxyl groups is 1. The van der Waals surface area contributed by atoms with Crippen molar-refractivity contribution < 1.29 is 21.9 Å². The Labute approximate surface area is 163 Å². The van der Waals surface area contributed by atoms with Crippen LogP contribution in [-0.2, 0) is 13.1 Å². The van der Waals surface area contributed by atoms with Gasteiger partial charge in [-0.05, 0) is 42.3 Å². The van der Waals surface area contributed by atoms with Crippen molar-refractivity contribution in [1.82, 2.24) is 9.13 Å². The van der Waals surface area contributed by atoms with Crippen LogP contribution in [0.25, 0.3) is 11.0 Å². The normalized spacial score (nSPS) is 12.1. The topological polar surface area (TPSA) is 67.1 Å². The van der Waals surface area contributed by atoms with Crippen LogP contribution in [0.2, 0.25) is 0 Å². The lowest BCUT2D eigenvalue weighted by Crippen LogP contribution is -3.00. The van der Waals surface area contributed by atoms with Crippen molar-refractivity contribution in [3.63, 3.8) is 0 Å². The Morgan fingerprint density at radius 1 is 0.963 bits per heavy atom. The van der Waals surface area contributed by atoms with Crippen LogP contribution in [0, 0.1) is 12.3 Å². The van der Waals surface area contributed by atoms with E-state index in [1.165, 1.54) is 11.1 Å². The number of nitrogens with zero attached hydrogens (tertiary/aromatic N) is 2. The van der Waals surface area contributed by atoms with Crippen LogP contribution in [0.5, 0.6) is 0 Å². The van der Waals surface area contributed by atoms with E-state index in [1.54, 1.807) is 18.4 Å². The number of furan rings is 1. The Hall–Kier alpha value is -2.76. The van der Waals surface area contributed by atoms with E-state index in [9.17, 15) is 5.11 Å². The third-order valence-electron chi connectivity index (χ3n) is 4.79. The molecule has 0 aliphatic heterocycles. The third kappa shape index (κ3) is 3.56. The first-order valence-corrected chi connectivity index (χ1v) is 8.64. The maximum absolute atomic E-state index is 10.5. The molecule has 0 fully saturated rings. The molecule has 0 saturated heterocycles. The Morgan fingerprint density at radius 3 is 2.30 bits per heavy atom. The fraction of sp³-hybridized carbons (Fsp3) is 0.190. The van der Waals surface area contributed by atoms with Crippen LogP contribution in [0.3, 0.4) is 0 Å². The summed E-state index contributed by atoms with van der Waals surface area (Å²) >= 11 is 0. The Kier molecular flexibility index (Phi) is 5.54. The Morgan fingerprint density at radius 2 is 1.63 bits per heavy atom. The van der Waals surface area contributed by atoms with Crippen molar-refractivity contribution >= 4 is 11.0 Å². The lowest BCUT2D eigenvalue weighted by molar-refractivity contribution is -0.00000739. The second kappa shape index (κ2) is 7.86. The van der Waals surface area contributed by atoms with Gasteiger partial charge in [0.05, 0.1) is 30.4 Å². The molecule has 2 aromatic heterocycles. The molecule has 4 rings (SSSR count). The van der Waals surface area contributed by atoms with Crippen LogP contribution in [0.4, 0.5) is 0 Å². The predicted molar refractivity (Wildman–Crippen MR) is 99.7 cm³/mol. The number of aryl methyl sites for hydroxylation is 1. The molecule has 1 atom stereocenters. The van der Waals surface area contributed by atoms with Crippen LogP contribution < -0.4 is 18.0 Å². The van der Waals surface area contributed by atoms with Crippen molar-refractivity contribution in [3.8, 4) is 0 Å². The number of hydrogen-bond acceptors (Lipinski definition) is 3. The van der Waals surface area contributed by atoms with Crippen LogP contribution in [0.15, 0.2) is 71.3 Å². The Bertz CT molecular complexity index is 1100. The minimum Gasteiger partial charge on any atom is -1.00 e. The zero-order valence-electron chi connectivity index (χ0n) is 15.0. The minimum absolute atomic E-state index is 0. The molecule has 5 nitrogen and oxygen atoms in total. The van der Waals surface area contributed by atoms with Gasteiger partial charge in [-0.3, -0.25) is 5.41 Å². The highest BCUT2D eigenvalue weighted by Crippen LogP contribution is 2.20. The van der Waals surface area contributed by atoms with Gasteiger partial charge in [0.2, 0.25) is 5.62 Å². The number of rotatable bonds is 5. The fourth-order valence-electron chi connectivity index (χ4n) is 3.34. The summed E-state index contributed by atoms with van der Waals surface area (Å²) in [5.41, 5.74) is 4.65. The molecule has 0 radical (unpaired) electrons. The van der Waals surface area contributed by atoms with Crippen molar-refractivity contribution in [2.24, 2.45) is 0 Å². The average molecular weight is 383 g/mol. The highest BCUT2D eigenvalue weighted by Gasteiger charge is 2.17. The summed E-state index contributed by atoms with van der Waals surface area (Å²) in [6.07, 6.45) is 0.753. The first-order valence-electron chi connectivity index (χ1n) is 8.64. The number of benzene rings is 2. The molecule has 0 amide bonds. The van der Waals surface area contributed by atoms with E-state index in [1.807, 2.05) is 45.5 Å². The lowest BCUT2D eigenvalue weighted by atomic mass is 10.1. The number of aromatic nitrogens is 2. The maximum atomic E-state index is 10.5. The number of imidazole rings is 1. The largest absolute Gasteiger partial charge is 1.00 e. The molecule has 0 spiro atoms. The zero-order chi connectivity index (χ0) is 18.1. The number of para-hydroxylation sites is 2. The smallest absolute Gasteiger partial charge is 0.203 e. The standard InChI is InChI=1S/C21H21N3O2.ClH/c1-15-7-2-3-8-16(15)13-23-17-9-4-5-10-18(17)24(21(23)22)14-19(25)20-11-6-12-26-20;/h2-12,19,22,25H,13-14H2,1H3;1H/p-1. The molecule has 140 valence electrons. The number of fused-ring (bicyclic) bond motifs is 1. The highest BCUT2D eigenvalue weighted by atomic mass is 35.5.